The molecule has 0 unspecified atom stereocenters. The predicted molar refractivity (Wildman–Crippen MR) is 46.7 cm³/mol. The molecule has 5 heteroatoms. The molecule has 0 aromatic heterocycles. The number of anilines is 2. The van der Waals surface area contributed by atoms with Crippen molar-refractivity contribution >= 4 is 17.1 Å². The Labute approximate surface area is 69.1 Å². The van der Waals surface area contributed by atoms with Crippen molar-refractivity contribution in [3.05, 3.63) is 27.8 Å². The molecular weight excluding hydrogens is 158 g/mol. The van der Waals surface area contributed by atoms with Crippen molar-refractivity contribution in [2.24, 2.45) is 0 Å². The number of rotatable bonds is 1. The second kappa shape index (κ2) is 2.69. The van der Waals surface area contributed by atoms with Gasteiger partial charge in [-0.25, -0.2) is 0 Å². The van der Waals surface area contributed by atoms with Crippen molar-refractivity contribution in [2.75, 3.05) is 11.5 Å². The molecule has 0 saturated carbocycles. The zero-order chi connectivity index (χ0) is 9.30. The Morgan fingerprint density at radius 1 is 1.42 bits per heavy atom. The fourth-order valence-electron chi connectivity index (χ4n) is 0.957. The Kier molecular flexibility index (Phi) is 1.86. The minimum absolute atomic E-state index is 0.0330. The number of nitrogen functional groups attached to an aromatic ring is 2. The number of nitrogens with zero attached hydrogens (tertiary/aromatic N) is 1. The molecule has 1 aromatic carbocycles. The van der Waals surface area contributed by atoms with Crippen LogP contribution in [0.3, 0.4) is 0 Å². The molecule has 0 heterocycles. The summed E-state index contributed by atoms with van der Waals surface area (Å²) in [7, 11) is 0. The Balaban J connectivity index is 3.37. The largest absolute Gasteiger partial charge is 0.397 e. The minimum atomic E-state index is -0.543. The third-order valence-corrected chi connectivity index (χ3v) is 1.53. The first kappa shape index (κ1) is 8.32. The topological polar surface area (TPSA) is 95.2 Å². The summed E-state index contributed by atoms with van der Waals surface area (Å²) in [6.45, 7) is 1.72. The van der Waals surface area contributed by atoms with Gasteiger partial charge in [-0.05, 0) is 18.6 Å². The Morgan fingerprint density at radius 3 is 2.50 bits per heavy atom. The molecule has 1 rings (SSSR count). The van der Waals surface area contributed by atoms with Crippen LogP contribution < -0.4 is 11.5 Å². The zero-order valence-electron chi connectivity index (χ0n) is 6.57. The zero-order valence-corrected chi connectivity index (χ0v) is 6.57. The van der Waals surface area contributed by atoms with Crippen LogP contribution in [0, 0.1) is 17.0 Å². The Hall–Kier alpha value is -1.78. The van der Waals surface area contributed by atoms with Gasteiger partial charge in [0.15, 0.2) is 0 Å². The molecular formula is C7H9N3O2. The van der Waals surface area contributed by atoms with Crippen molar-refractivity contribution in [3.8, 4) is 0 Å². The number of benzene rings is 1. The van der Waals surface area contributed by atoms with E-state index in [0.717, 1.165) is 5.56 Å². The van der Waals surface area contributed by atoms with Crippen molar-refractivity contribution in [2.45, 2.75) is 6.92 Å². The highest BCUT2D eigenvalue weighted by Gasteiger charge is 2.13. The average molecular weight is 167 g/mol. The maximum Gasteiger partial charge on any atom is 0.294 e. The molecule has 4 N–H and O–H groups in total. The predicted octanol–water partition coefficient (Wildman–Crippen LogP) is 1.07. The molecule has 0 aliphatic heterocycles. The molecule has 0 radical (unpaired) electrons. The number of nitro benzene ring substituents is 1. The Bertz CT molecular complexity index is 336. The van der Waals surface area contributed by atoms with Crippen LogP contribution in [0.15, 0.2) is 12.1 Å². The van der Waals surface area contributed by atoms with Crippen LogP contribution in [-0.4, -0.2) is 4.92 Å². The van der Waals surface area contributed by atoms with Gasteiger partial charge in [0, 0.05) is 6.07 Å². The van der Waals surface area contributed by atoms with Crippen molar-refractivity contribution in [3.63, 3.8) is 0 Å². The van der Waals surface area contributed by atoms with Gasteiger partial charge in [-0.15, -0.1) is 0 Å². The number of hydrogen-bond donors (Lipinski definition) is 2. The minimum Gasteiger partial charge on any atom is -0.397 e. The Morgan fingerprint density at radius 2 is 2.00 bits per heavy atom. The van der Waals surface area contributed by atoms with Crippen LogP contribution in [0.1, 0.15) is 5.56 Å². The average Bonchev–Trinajstić information content (AvgIpc) is 1.96. The van der Waals surface area contributed by atoms with E-state index in [1.807, 2.05) is 0 Å². The lowest BCUT2D eigenvalue weighted by Crippen LogP contribution is -2.00. The molecule has 0 spiro atoms. The summed E-state index contributed by atoms with van der Waals surface area (Å²) in [6, 6.07) is 2.99. The monoisotopic (exact) mass is 167 g/mol. The lowest BCUT2D eigenvalue weighted by atomic mass is 10.1. The van der Waals surface area contributed by atoms with Gasteiger partial charge in [0.2, 0.25) is 0 Å². The van der Waals surface area contributed by atoms with Gasteiger partial charge in [-0.1, -0.05) is 0 Å². The summed E-state index contributed by atoms with van der Waals surface area (Å²) in [5, 5.41) is 10.4. The maximum absolute atomic E-state index is 10.4. The molecule has 0 fully saturated rings. The summed E-state index contributed by atoms with van der Waals surface area (Å²) in [5.74, 6) is 0. The van der Waals surface area contributed by atoms with E-state index in [4.69, 9.17) is 11.5 Å². The van der Waals surface area contributed by atoms with Crippen molar-refractivity contribution in [1.82, 2.24) is 0 Å². The normalized spacial score (nSPS) is 9.75. The lowest BCUT2D eigenvalue weighted by molar-refractivity contribution is -0.383. The molecule has 12 heavy (non-hydrogen) atoms. The smallest absolute Gasteiger partial charge is 0.294 e. The fraction of sp³-hybridized carbons (Fsp3) is 0.143. The van der Waals surface area contributed by atoms with E-state index < -0.39 is 4.92 Å². The molecule has 0 bridgehead atoms. The van der Waals surface area contributed by atoms with Crippen LogP contribution in [0.2, 0.25) is 0 Å². The third kappa shape index (κ3) is 1.29. The van der Waals surface area contributed by atoms with E-state index in [1.165, 1.54) is 6.07 Å². The van der Waals surface area contributed by atoms with Gasteiger partial charge in [-0.2, -0.15) is 0 Å². The highest BCUT2D eigenvalue weighted by Crippen LogP contribution is 2.28. The maximum atomic E-state index is 10.4. The first-order chi connectivity index (χ1) is 5.52. The highest BCUT2D eigenvalue weighted by atomic mass is 16.6. The summed E-state index contributed by atoms with van der Waals surface area (Å²) in [6.07, 6.45) is 0. The second-order valence-electron chi connectivity index (χ2n) is 2.54. The summed E-state index contributed by atoms with van der Waals surface area (Å²) >= 11 is 0. The van der Waals surface area contributed by atoms with E-state index in [-0.39, 0.29) is 17.1 Å². The van der Waals surface area contributed by atoms with Crippen LogP contribution in [0.5, 0.6) is 0 Å². The van der Waals surface area contributed by atoms with E-state index >= 15 is 0 Å². The molecule has 1 aromatic rings. The van der Waals surface area contributed by atoms with Crippen molar-refractivity contribution < 1.29 is 4.92 Å². The van der Waals surface area contributed by atoms with E-state index in [0.29, 0.717) is 0 Å². The number of nitrogens with two attached hydrogens (primary N) is 2. The quantitative estimate of drug-likeness (QED) is 0.371. The van der Waals surface area contributed by atoms with E-state index in [9.17, 15) is 10.1 Å². The van der Waals surface area contributed by atoms with Gasteiger partial charge in [0.05, 0.1) is 10.6 Å². The molecule has 0 amide bonds. The van der Waals surface area contributed by atoms with Gasteiger partial charge in [0.1, 0.15) is 5.69 Å². The van der Waals surface area contributed by atoms with Gasteiger partial charge < -0.3 is 11.5 Å². The van der Waals surface area contributed by atoms with Crippen LogP contribution in [0.4, 0.5) is 17.1 Å². The van der Waals surface area contributed by atoms with Crippen LogP contribution >= 0.6 is 0 Å². The molecule has 5 nitrogen and oxygen atoms in total. The highest BCUT2D eigenvalue weighted by molar-refractivity contribution is 5.74. The molecule has 0 aliphatic rings. The van der Waals surface area contributed by atoms with Gasteiger partial charge >= 0.3 is 0 Å². The third-order valence-electron chi connectivity index (χ3n) is 1.53. The first-order valence-corrected chi connectivity index (χ1v) is 3.32. The number of hydrogen-bond acceptors (Lipinski definition) is 4. The number of aryl methyl sites for hydroxylation is 1. The fourth-order valence-corrected chi connectivity index (χ4v) is 0.957. The number of nitro groups is 1. The lowest BCUT2D eigenvalue weighted by Gasteiger charge is -2.01. The van der Waals surface area contributed by atoms with Crippen molar-refractivity contribution in [1.29, 1.82) is 0 Å². The van der Waals surface area contributed by atoms with E-state index in [1.54, 1.807) is 13.0 Å². The first-order valence-electron chi connectivity index (χ1n) is 3.32. The van der Waals surface area contributed by atoms with Gasteiger partial charge in [-0.3, -0.25) is 10.1 Å². The van der Waals surface area contributed by atoms with Gasteiger partial charge in [0.25, 0.3) is 5.69 Å². The molecule has 0 saturated heterocycles. The summed E-state index contributed by atoms with van der Waals surface area (Å²) in [4.78, 5) is 9.85. The SMILES string of the molecule is Cc1cc(N)c(N)c([N+](=O)[O-])c1. The summed E-state index contributed by atoms with van der Waals surface area (Å²) < 4.78 is 0. The van der Waals surface area contributed by atoms with E-state index in [2.05, 4.69) is 0 Å². The standard InChI is InChI=1S/C7H9N3O2/c1-4-2-5(8)7(9)6(3-4)10(11)12/h2-3H,8-9H2,1H3. The second-order valence-corrected chi connectivity index (χ2v) is 2.54. The molecule has 0 aliphatic carbocycles. The molecule has 64 valence electrons. The summed E-state index contributed by atoms with van der Waals surface area (Å²) in [5.41, 5.74) is 11.7. The molecule has 0 atom stereocenters. The van der Waals surface area contributed by atoms with Crippen LogP contribution in [-0.2, 0) is 0 Å². The van der Waals surface area contributed by atoms with Crippen LogP contribution in [0.25, 0.3) is 0 Å².